The molecule has 1 aromatic carbocycles. The summed E-state index contributed by atoms with van der Waals surface area (Å²) in [4.78, 5) is 9.03. The molecule has 0 heterocycles. The van der Waals surface area contributed by atoms with Crippen LogP contribution in [0.2, 0.25) is 0 Å². The SMILES string of the molecule is CCCCCCCCCc1ccc(OP(O)F)c(CCCCCCCCC)c1. The fourth-order valence-corrected chi connectivity index (χ4v) is 4.05. The maximum atomic E-state index is 13.0. The Bertz CT molecular complexity index is 493. The summed E-state index contributed by atoms with van der Waals surface area (Å²) >= 11 is 0. The topological polar surface area (TPSA) is 29.5 Å². The predicted molar refractivity (Wildman–Crippen MR) is 121 cm³/mol. The first kappa shape index (κ1) is 25.4. The summed E-state index contributed by atoms with van der Waals surface area (Å²) in [7, 11) is -2.85. The highest BCUT2D eigenvalue weighted by atomic mass is 31.2. The van der Waals surface area contributed by atoms with Gasteiger partial charge in [0.15, 0.2) is 0 Å². The lowest BCUT2D eigenvalue weighted by molar-refractivity contribution is 0.430. The van der Waals surface area contributed by atoms with E-state index < -0.39 is 8.69 Å². The molecule has 1 N–H and O–H groups in total. The Morgan fingerprint density at radius 3 is 1.79 bits per heavy atom. The van der Waals surface area contributed by atoms with Crippen LogP contribution >= 0.6 is 8.69 Å². The van der Waals surface area contributed by atoms with Crippen LogP contribution < -0.4 is 4.52 Å². The smallest absolute Gasteiger partial charge is 0.424 e. The largest absolute Gasteiger partial charge is 0.436 e. The molecule has 0 bridgehead atoms. The van der Waals surface area contributed by atoms with Crippen LogP contribution in [0.1, 0.15) is 115 Å². The zero-order chi connectivity index (χ0) is 20.5. The molecule has 0 amide bonds. The van der Waals surface area contributed by atoms with E-state index in [0.717, 1.165) is 24.8 Å². The molecule has 0 saturated carbocycles. The third-order valence-electron chi connectivity index (χ3n) is 5.42. The van der Waals surface area contributed by atoms with Crippen LogP contribution in [0.25, 0.3) is 0 Å². The number of aryl methyl sites for hydroxylation is 2. The van der Waals surface area contributed by atoms with E-state index in [9.17, 15) is 4.20 Å². The van der Waals surface area contributed by atoms with Gasteiger partial charge in [-0.15, -0.1) is 4.20 Å². The summed E-state index contributed by atoms with van der Waals surface area (Å²) in [5.41, 5.74) is 2.35. The maximum absolute atomic E-state index is 13.0. The van der Waals surface area contributed by atoms with Gasteiger partial charge >= 0.3 is 8.69 Å². The van der Waals surface area contributed by atoms with Crippen molar-refractivity contribution in [1.29, 1.82) is 0 Å². The molecule has 4 heteroatoms. The van der Waals surface area contributed by atoms with Gasteiger partial charge in [-0.05, 0) is 42.9 Å². The molecule has 0 aliphatic rings. The van der Waals surface area contributed by atoms with Gasteiger partial charge in [0.1, 0.15) is 5.75 Å². The van der Waals surface area contributed by atoms with E-state index in [4.69, 9.17) is 9.42 Å². The minimum atomic E-state index is -2.85. The van der Waals surface area contributed by atoms with Crippen molar-refractivity contribution in [3.63, 3.8) is 0 Å². The Labute approximate surface area is 174 Å². The predicted octanol–water partition coefficient (Wildman–Crippen LogP) is 8.84. The number of halogens is 1. The summed E-state index contributed by atoms with van der Waals surface area (Å²) in [6, 6.07) is 6.04. The van der Waals surface area contributed by atoms with E-state index in [0.29, 0.717) is 5.75 Å². The van der Waals surface area contributed by atoms with Crippen molar-refractivity contribution in [2.45, 2.75) is 117 Å². The van der Waals surface area contributed by atoms with E-state index in [2.05, 4.69) is 19.9 Å². The molecule has 0 saturated heterocycles. The van der Waals surface area contributed by atoms with E-state index in [1.54, 1.807) is 0 Å². The van der Waals surface area contributed by atoms with Gasteiger partial charge in [-0.25, -0.2) is 0 Å². The van der Waals surface area contributed by atoms with Crippen LogP contribution in [0.3, 0.4) is 0 Å². The summed E-state index contributed by atoms with van der Waals surface area (Å²) in [6.07, 6.45) is 19.9. The molecule has 1 unspecified atom stereocenters. The fourth-order valence-electron chi connectivity index (χ4n) is 3.71. The monoisotopic (exact) mass is 412 g/mol. The zero-order valence-corrected chi connectivity index (χ0v) is 19.1. The molecule has 0 aliphatic heterocycles. The molecule has 0 aromatic heterocycles. The van der Waals surface area contributed by atoms with Crippen molar-refractivity contribution in [3.8, 4) is 5.75 Å². The van der Waals surface area contributed by atoms with Crippen LogP contribution in [-0.2, 0) is 12.8 Å². The third-order valence-corrected chi connectivity index (χ3v) is 5.76. The van der Waals surface area contributed by atoms with E-state index in [1.165, 1.54) is 89.0 Å². The van der Waals surface area contributed by atoms with Gasteiger partial charge in [-0.1, -0.05) is 103 Å². The number of hydrogen-bond donors (Lipinski definition) is 1. The fraction of sp³-hybridized carbons (Fsp3) is 0.750. The average Bonchev–Trinajstić information content (AvgIpc) is 2.68. The molecule has 0 fully saturated rings. The standard InChI is InChI=1S/C24H42FO2P/c1-3-5-7-9-11-13-15-17-22-19-20-24(27-28(25)26)23(21-22)18-16-14-12-10-8-6-4-2/h19-21,26H,3-18H2,1-2H3. The second kappa shape index (κ2) is 17.2. The normalized spacial score (nSPS) is 12.3. The first-order chi connectivity index (χ1) is 13.7. The number of benzene rings is 1. The highest BCUT2D eigenvalue weighted by Crippen LogP contribution is 2.37. The van der Waals surface area contributed by atoms with Crippen LogP contribution in [0.4, 0.5) is 4.20 Å². The van der Waals surface area contributed by atoms with Crippen molar-refractivity contribution in [1.82, 2.24) is 0 Å². The summed E-state index contributed by atoms with van der Waals surface area (Å²) < 4.78 is 18.0. The molecule has 0 radical (unpaired) electrons. The lowest BCUT2D eigenvalue weighted by Crippen LogP contribution is -1.96. The quantitative estimate of drug-likeness (QED) is 0.193. The van der Waals surface area contributed by atoms with Crippen molar-refractivity contribution < 1.29 is 13.6 Å². The number of hydrogen-bond acceptors (Lipinski definition) is 2. The molecule has 2 nitrogen and oxygen atoms in total. The van der Waals surface area contributed by atoms with Crippen LogP contribution in [-0.4, -0.2) is 4.89 Å². The van der Waals surface area contributed by atoms with E-state index in [-0.39, 0.29) is 0 Å². The van der Waals surface area contributed by atoms with Gasteiger partial charge in [0.2, 0.25) is 0 Å². The van der Waals surface area contributed by atoms with Gasteiger partial charge in [0.25, 0.3) is 0 Å². The Kier molecular flexibility index (Phi) is 15.6. The Morgan fingerprint density at radius 2 is 1.25 bits per heavy atom. The maximum Gasteiger partial charge on any atom is 0.436 e. The second-order valence-corrected chi connectivity index (χ2v) is 8.64. The number of rotatable bonds is 18. The third kappa shape index (κ3) is 12.7. The van der Waals surface area contributed by atoms with Gasteiger partial charge in [0.05, 0.1) is 0 Å². The van der Waals surface area contributed by atoms with E-state index in [1.807, 2.05) is 12.1 Å². The van der Waals surface area contributed by atoms with Gasteiger partial charge in [0, 0.05) is 0 Å². The summed E-state index contributed by atoms with van der Waals surface area (Å²) in [6.45, 7) is 4.49. The van der Waals surface area contributed by atoms with Crippen LogP contribution in [0, 0.1) is 0 Å². The molecule has 28 heavy (non-hydrogen) atoms. The molecule has 0 spiro atoms. The highest BCUT2D eigenvalue weighted by molar-refractivity contribution is 7.40. The van der Waals surface area contributed by atoms with Crippen LogP contribution in [0.15, 0.2) is 18.2 Å². The lowest BCUT2D eigenvalue weighted by Gasteiger charge is -2.13. The zero-order valence-electron chi connectivity index (χ0n) is 18.2. The molecular formula is C24H42FO2P. The number of unbranched alkanes of at least 4 members (excludes halogenated alkanes) is 12. The van der Waals surface area contributed by atoms with Gasteiger partial charge in [-0.2, -0.15) is 0 Å². The molecule has 1 rings (SSSR count). The van der Waals surface area contributed by atoms with E-state index >= 15 is 0 Å². The molecule has 1 atom stereocenters. The van der Waals surface area contributed by atoms with Gasteiger partial charge in [-0.3, -0.25) is 0 Å². The summed E-state index contributed by atoms with van der Waals surface area (Å²) in [5.74, 6) is 0.519. The van der Waals surface area contributed by atoms with Gasteiger partial charge < -0.3 is 9.42 Å². The van der Waals surface area contributed by atoms with Crippen LogP contribution in [0.5, 0.6) is 5.75 Å². The Morgan fingerprint density at radius 1 is 0.750 bits per heavy atom. The molecule has 0 aliphatic carbocycles. The van der Waals surface area contributed by atoms with Crippen molar-refractivity contribution in [2.24, 2.45) is 0 Å². The highest BCUT2D eigenvalue weighted by Gasteiger charge is 2.11. The molecule has 162 valence electrons. The second-order valence-electron chi connectivity index (χ2n) is 8.00. The average molecular weight is 413 g/mol. The molecular weight excluding hydrogens is 370 g/mol. The Balaban J connectivity index is 2.41. The minimum Gasteiger partial charge on any atom is -0.424 e. The van der Waals surface area contributed by atoms with Crippen molar-refractivity contribution in [2.75, 3.05) is 0 Å². The Hall–Kier alpha value is -0.660. The van der Waals surface area contributed by atoms with Crippen molar-refractivity contribution >= 4 is 8.69 Å². The lowest BCUT2D eigenvalue weighted by atomic mass is 9.99. The summed E-state index contributed by atoms with van der Waals surface area (Å²) in [5, 5.41) is 0. The molecule has 1 aromatic rings. The minimum absolute atomic E-state index is 0.519. The van der Waals surface area contributed by atoms with Crippen molar-refractivity contribution in [3.05, 3.63) is 29.3 Å². The first-order valence-corrected chi connectivity index (χ1v) is 12.7. The first-order valence-electron chi connectivity index (χ1n) is 11.6.